The van der Waals surface area contributed by atoms with Crippen LogP contribution in [0.5, 0.6) is 5.75 Å². The molecule has 0 aliphatic carbocycles. The average Bonchev–Trinajstić information content (AvgIpc) is 3.21. The summed E-state index contributed by atoms with van der Waals surface area (Å²) in [5.74, 6) is -3.37. The van der Waals surface area contributed by atoms with Crippen LogP contribution in [-0.2, 0) is 52.5 Å². The summed E-state index contributed by atoms with van der Waals surface area (Å²) in [7, 11) is 0. The highest BCUT2D eigenvalue weighted by Gasteiger charge is 2.55. The summed E-state index contributed by atoms with van der Waals surface area (Å²) in [5.41, 5.74) is 1.41. The van der Waals surface area contributed by atoms with Gasteiger partial charge in [-0.2, -0.15) is 0 Å². The van der Waals surface area contributed by atoms with Crippen molar-refractivity contribution >= 4 is 41.4 Å². The van der Waals surface area contributed by atoms with Crippen LogP contribution < -0.4 is 15.0 Å². The van der Waals surface area contributed by atoms with E-state index in [4.69, 9.17) is 28.4 Å². The Bertz CT molecular complexity index is 1220. The van der Waals surface area contributed by atoms with Gasteiger partial charge in [0, 0.05) is 66.2 Å². The minimum atomic E-state index is -1.32. The number of anilines is 1. The number of hydrogen-bond acceptors (Lipinski definition) is 13. The van der Waals surface area contributed by atoms with E-state index in [0.717, 1.165) is 19.4 Å². The topological polar surface area (TPSA) is 173 Å². The highest BCUT2D eigenvalue weighted by Crippen LogP contribution is 2.44. The van der Waals surface area contributed by atoms with Crippen LogP contribution in [0.3, 0.4) is 0 Å². The fourth-order valence-electron chi connectivity index (χ4n) is 5.15. The van der Waals surface area contributed by atoms with Crippen molar-refractivity contribution in [1.29, 1.82) is 0 Å². The van der Waals surface area contributed by atoms with E-state index in [1.165, 1.54) is 27.7 Å². The van der Waals surface area contributed by atoms with E-state index in [1.807, 2.05) is 0 Å². The van der Waals surface area contributed by atoms with Gasteiger partial charge in [0.2, 0.25) is 5.91 Å². The fourth-order valence-corrected chi connectivity index (χ4v) is 5.15. The summed E-state index contributed by atoms with van der Waals surface area (Å²) in [6.07, 6.45) is -5.60. The molecule has 3 rings (SSSR count). The zero-order valence-electron chi connectivity index (χ0n) is 24.4. The number of rotatable bonds is 10. The Balaban J connectivity index is 2.09. The molecule has 1 amide bonds. The molecule has 2 aliphatic rings. The second-order valence-corrected chi connectivity index (χ2v) is 10.0. The molecule has 0 spiro atoms. The Morgan fingerprint density at radius 1 is 0.833 bits per heavy atom. The van der Waals surface area contributed by atoms with E-state index < -0.39 is 60.5 Å². The van der Waals surface area contributed by atoms with Gasteiger partial charge >= 0.3 is 29.8 Å². The van der Waals surface area contributed by atoms with Crippen molar-refractivity contribution in [3.63, 3.8) is 0 Å². The number of esters is 5. The van der Waals surface area contributed by atoms with Crippen LogP contribution in [0.25, 0.3) is 0 Å². The third-order valence-electron chi connectivity index (χ3n) is 6.57. The Morgan fingerprint density at radius 2 is 1.45 bits per heavy atom. The number of nitrogens with zero attached hydrogens (tertiary/aromatic N) is 1. The third kappa shape index (κ3) is 8.41. The molecule has 1 fully saturated rings. The quantitative estimate of drug-likeness (QED) is 0.233. The molecule has 6 atom stereocenters. The number of nitrogens with one attached hydrogen (secondary N) is 1. The van der Waals surface area contributed by atoms with Crippen LogP contribution >= 0.6 is 0 Å². The Labute approximate surface area is 242 Å². The smallest absolute Gasteiger partial charge is 0.308 e. The minimum Gasteiger partial charge on any atom is -0.463 e. The molecule has 0 aromatic heterocycles. The Morgan fingerprint density at radius 3 is 2.02 bits per heavy atom. The number of benzene rings is 1. The Kier molecular flexibility index (Phi) is 10.9. The van der Waals surface area contributed by atoms with E-state index in [1.54, 1.807) is 23.1 Å². The van der Waals surface area contributed by atoms with Crippen LogP contribution in [-0.4, -0.2) is 86.1 Å². The lowest BCUT2D eigenvalue weighted by atomic mass is 9.96. The van der Waals surface area contributed by atoms with Crippen LogP contribution in [0.2, 0.25) is 0 Å². The van der Waals surface area contributed by atoms with Crippen molar-refractivity contribution < 1.29 is 57.2 Å². The van der Waals surface area contributed by atoms with Crippen molar-refractivity contribution in [2.75, 3.05) is 24.6 Å². The van der Waals surface area contributed by atoms with Gasteiger partial charge in [-0.25, -0.2) is 0 Å². The van der Waals surface area contributed by atoms with Crippen LogP contribution in [0.1, 0.15) is 59.4 Å². The van der Waals surface area contributed by atoms with Gasteiger partial charge in [0.05, 0.1) is 0 Å². The van der Waals surface area contributed by atoms with Crippen molar-refractivity contribution in [1.82, 2.24) is 5.32 Å². The molecule has 1 aromatic rings. The molecule has 1 saturated heterocycles. The van der Waals surface area contributed by atoms with Crippen molar-refractivity contribution in [3.05, 3.63) is 23.8 Å². The molecule has 42 heavy (non-hydrogen) atoms. The summed E-state index contributed by atoms with van der Waals surface area (Å²) in [5, 5.41) is 2.77. The molecule has 1 unspecified atom stereocenters. The molecule has 1 aromatic carbocycles. The second kappa shape index (κ2) is 14.1. The van der Waals surface area contributed by atoms with E-state index in [-0.39, 0.29) is 18.4 Å². The molecular weight excluding hydrogens is 556 g/mol. The fraction of sp³-hybridized carbons (Fsp3) is 0.571. The molecule has 0 radical (unpaired) electrons. The predicted octanol–water partition coefficient (Wildman–Crippen LogP) is 1.12. The maximum absolute atomic E-state index is 12.3. The van der Waals surface area contributed by atoms with Gasteiger partial charge in [0.1, 0.15) is 18.5 Å². The monoisotopic (exact) mass is 592 g/mol. The molecule has 0 bridgehead atoms. The summed E-state index contributed by atoms with van der Waals surface area (Å²) in [4.78, 5) is 73.1. The minimum absolute atomic E-state index is 0.196. The first kappa shape index (κ1) is 32.3. The maximum atomic E-state index is 12.3. The van der Waals surface area contributed by atoms with E-state index in [0.29, 0.717) is 30.9 Å². The van der Waals surface area contributed by atoms with Gasteiger partial charge < -0.3 is 38.6 Å². The van der Waals surface area contributed by atoms with E-state index in [9.17, 15) is 28.8 Å². The van der Waals surface area contributed by atoms with Gasteiger partial charge in [-0.05, 0) is 30.2 Å². The highest BCUT2D eigenvalue weighted by atomic mass is 16.7. The van der Waals surface area contributed by atoms with Crippen LogP contribution in [0.4, 0.5) is 5.69 Å². The van der Waals surface area contributed by atoms with Crippen molar-refractivity contribution in [2.45, 2.75) is 84.5 Å². The van der Waals surface area contributed by atoms with Crippen LogP contribution in [0, 0.1) is 0 Å². The third-order valence-corrected chi connectivity index (χ3v) is 6.57. The standard InChI is InChI=1S/C28H36N2O12/c1-14(31)29-10-9-20-12-30(23-8-7-21(11-22(20)23)38-16(3)33)28-27(41-19(6)36)26(40-18(5)35)25(39-17(4)34)24(42-28)13-37-15(2)32/h7-8,11,20,24-28H,9-10,12-13H2,1-6H3,(H,29,31)/t20?,24-,25-,26+,27-,28-/m1/s1. The number of amides is 1. The second-order valence-electron chi connectivity index (χ2n) is 10.0. The molecule has 14 heteroatoms. The average molecular weight is 593 g/mol. The largest absolute Gasteiger partial charge is 0.463 e. The number of fused-ring (bicyclic) bond motifs is 1. The molecule has 2 heterocycles. The molecule has 2 aliphatic heterocycles. The number of carbonyl (C=O) groups excluding carboxylic acids is 6. The Hall–Kier alpha value is -4.20. The van der Waals surface area contributed by atoms with Gasteiger partial charge in [-0.15, -0.1) is 0 Å². The zero-order chi connectivity index (χ0) is 31.1. The first-order valence-corrected chi connectivity index (χ1v) is 13.4. The van der Waals surface area contributed by atoms with Crippen molar-refractivity contribution in [2.24, 2.45) is 0 Å². The molecular formula is C28H36N2O12. The zero-order valence-corrected chi connectivity index (χ0v) is 24.4. The molecule has 14 nitrogen and oxygen atoms in total. The normalized spacial score (nSPS) is 24.6. The van der Waals surface area contributed by atoms with Gasteiger partial charge in [-0.3, -0.25) is 28.8 Å². The van der Waals surface area contributed by atoms with E-state index >= 15 is 0 Å². The summed E-state index contributed by atoms with van der Waals surface area (Å²) in [6, 6.07) is 5.01. The molecule has 230 valence electrons. The van der Waals surface area contributed by atoms with Crippen molar-refractivity contribution in [3.8, 4) is 5.75 Å². The molecule has 1 N–H and O–H groups in total. The maximum Gasteiger partial charge on any atom is 0.308 e. The number of hydrogen-bond donors (Lipinski definition) is 1. The first-order valence-electron chi connectivity index (χ1n) is 13.4. The van der Waals surface area contributed by atoms with Gasteiger partial charge in [0.15, 0.2) is 24.5 Å². The summed E-state index contributed by atoms with van der Waals surface area (Å²) in [6.45, 7) is 7.66. The SMILES string of the molecule is CC(=O)NCCC1CN([C@@H]2O[C@H](COC(C)=O)[C@@H](OC(C)=O)[C@H](OC(C)=O)[C@H]2OC(C)=O)c2ccc(OC(C)=O)cc21. The molecule has 0 saturated carbocycles. The van der Waals surface area contributed by atoms with Gasteiger partial charge in [-0.1, -0.05) is 0 Å². The summed E-state index contributed by atoms with van der Waals surface area (Å²) >= 11 is 0. The first-order chi connectivity index (χ1) is 19.8. The number of carbonyl (C=O) groups is 6. The predicted molar refractivity (Wildman–Crippen MR) is 143 cm³/mol. The lowest BCUT2D eigenvalue weighted by molar-refractivity contribution is -0.252. The highest BCUT2D eigenvalue weighted by molar-refractivity contribution is 5.73. The number of ether oxygens (including phenoxy) is 6. The van der Waals surface area contributed by atoms with Gasteiger partial charge in [0.25, 0.3) is 0 Å². The van der Waals surface area contributed by atoms with E-state index in [2.05, 4.69) is 5.32 Å². The lowest BCUT2D eigenvalue weighted by Crippen LogP contribution is -2.66. The van der Waals surface area contributed by atoms with Crippen LogP contribution in [0.15, 0.2) is 18.2 Å². The lowest BCUT2D eigenvalue weighted by Gasteiger charge is -2.47. The summed E-state index contributed by atoms with van der Waals surface area (Å²) < 4.78 is 33.5.